The molecule has 3 aromatic carbocycles. The molecular weight excluding hydrogens is 412 g/mol. The lowest BCUT2D eigenvalue weighted by molar-refractivity contribution is 0.415. The van der Waals surface area contributed by atoms with Crippen molar-refractivity contribution in [2.75, 3.05) is 14.2 Å². The minimum absolute atomic E-state index is 0.0977. The van der Waals surface area contributed by atoms with E-state index in [1.807, 2.05) is 37.3 Å². The molecule has 0 aliphatic heterocycles. The van der Waals surface area contributed by atoms with E-state index < -0.39 is 0 Å². The van der Waals surface area contributed by atoms with Gasteiger partial charge in [0.15, 0.2) is 5.43 Å². The molecule has 0 atom stereocenters. The fourth-order valence-electron chi connectivity index (χ4n) is 3.73. The van der Waals surface area contributed by atoms with Crippen molar-refractivity contribution >= 4 is 22.5 Å². The molecule has 1 N–H and O–H groups in total. The summed E-state index contributed by atoms with van der Waals surface area (Å²) in [6.07, 6.45) is 0. The van der Waals surface area contributed by atoms with Crippen molar-refractivity contribution in [3.63, 3.8) is 0 Å². The number of benzene rings is 3. The lowest BCUT2D eigenvalue weighted by Crippen LogP contribution is -2.10. The topological polar surface area (TPSA) is 75.1 Å². The van der Waals surface area contributed by atoms with E-state index in [0.717, 1.165) is 22.4 Å². The number of aryl methyl sites for hydroxylation is 1. The van der Waals surface area contributed by atoms with E-state index >= 15 is 0 Å². The fraction of sp³-hybridized carbons (Fsp3) is 0.120. The number of aromatic amines is 1. The average Bonchev–Trinajstić information content (AvgIpc) is 2.79. The van der Waals surface area contributed by atoms with Gasteiger partial charge in [0.2, 0.25) is 0 Å². The number of aromatic nitrogens is 1. The highest BCUT2D eigenvalue weighted by atomic mass is 35.5. The quantitative estimate of drug-likeness (QED) is 0.449. The summed E-state index contributed by atoms with van der Waals surface area (Å²) in [5.74, 6) is 1.13. The Kier molecular flexibility index (Phi) is 5.41. The van der Waals surface area contributed by atoms with E-state index in [9.17, 15) is 4.79 Å². The van der Waals surface area contributed by atoms with Gasteiger partial charge in [0.1, 0.15) is 11.5 Å². The van der Waals surface area contributed by atoms with E-state index in [-0.39, 0.29) is 5.43 Å². The maximum absolute atomic E-state index is 13.3. The summed E-state index contributed by atoms with van der Waals surface area (Å²) in [5, 5.41) is 9.99. The highest BCUT2D eigenvalue weighted by Crippen LogP contribution is 2.33. The molecule has 0 fully saturated rings. The fourth-order valence-corrected chi connectivity index (χ4v) is 3.97. The lowest BCUT2D eigenvalue weighted by Gasteiger charge is -2.12. The van der Waals surface area contributed by atoms with Gasteiger partial charge in [-0.2, -0.15) is 5.26 Å². The van der Waals surface area contributed by atoms with E-state index in [2.05, 4.69) is 11.1 Å². The van der Waals surface area contributed by atoms with Crippen LogP contribution in [0.3, 0.4) is 0 Å². The molecule has 154 valence electrons. The number of halogens is 1. The molecule has 5 nitrogen and oxygen atoms in total. The van der Waals surface area contributed by atoms with Gasteiger partial charge in [-0.05, 0) is 42.3 Å². The summed E-state index contributed by atoms with van der Waals surface area (Å²) >= 11 is 6.24. The maximum Gasteiger partial charge on any atom is 0.197 e. The van der Waals surface area contributed by atoms with E-state index in [1.165, 1.54) is 7.11 Å². The summed E-state index contributed by atoms with van der Waals surface area (Å²) < 4.78 is 10.7. The SMILES string of the molecule is COc1cc2[nH]c(C)c(-c3ccc(-c4ccc(C#N)cc4OC)cc3)c(=O)c2cc1Cl. The number of nitriles is 1. The third kappa shape index (κ3) is 3.63. The number of methoxy groups -OCH3 is 2. The molecule has 0 radical (unpaired) electrons. The average molecular weight is 431 g/mol. The summed E-state index contributed by atoms with van der Waals surface area (Å²) in [6.45, 7) is 1.87. The first-order chi connectivity index (χ1) is 15.0. The van der Waals surface area contributed by atoms with Crippen LogP contribution >= 0.6 is 11.6 Å². The van der Waals surface area contributed by atoms with Gasteiger partial charge in [-0.1, -0.05) is 35.9 Å². The number of rotatable bonds is 4. The van der Waals surface area contributed by atoms with Gasteiger partial charge < -0.3 is 14.5 Å². The summed E-state index contributed by atoms with van der Waals surface area (Å²) in [5.41, 5.74) is 5.04. The largest absolute Gasteiger partial charge is 0.496 e. The number of pyridine rings is 1. The first-order valence-corrected chi connectivity index (χ1v) is 9.93. The third-order valence-electron chi connectivity index (χ3n) is 5.28. The lowest BCUT2D eigenvalue weighted by atomic mass is 9.97. The van der Waals surface area contributed by atoms with Crippen LogP contribution in [-0.4, -0.2) is 19.2 Å². The minimum Gasteiger partial charge on any atom is -0.496 e. The second-order valence-electron chi connectivity index (χ2n) is 7.09. The van der Waals surface area contributed by atoms with Crippen LogP contribution in [-0.2, 0) is 0 Å². The van der Waals surface area contributed by atoms with Crippen LogP contribution in [0.4, 0.5) is 0 Å². The molecule has 0 amide bonds. The molecule has 0 aliphatic rings. The molecule has 6 heteroatoms. The predicted molar refractivity (Wildman–Crippen MR) is 123 cm³/mol. The van der Waals surface area contributed by atoms with Crippen LogP contribution in [0, 0.1) is 18.3 Å². The van der Waals surface area contributed by atoms with E-state index in [4.69, 9.17) is 26.3 Å². The Labute approximate surface area is 184 Å². The molecule has 4 rings (SSSR count). The number of nitrogens with one attached hydrogen (secondary N) is 1. The number of H-pyrrole nitrogens is 1. The molecule has 0 spiro atoms. The van der Waals surface area contributed by atoms with Crippen LogP contribution < -0.4 is 14.9 Å². The standard InChI is InChI=1S/C25H19ClN2O3/c1-14-24(25(29)19-11-20(26)23(31-3)12-21(19)28-14)17-7-5-16(6-8-17)18-9-4-15(13-27)10-22(18)30-2/h4-12H,1-3H3,(H,28,29). The van der Waals surface area contributed by atoms with Gasteiger partial charge in [0, 0.05) is 28.3 Å². The summed E-state index contributed by atoms with van der Waals surface area (Å²) in [4.78, 5) is 16.5. The Morgan fingerprint density at radius 3 is 2.26 bits per heavy atom. The van der Waals surface area contributed by atoms with Crippen LogP contribution in [0.15, 0.2) is 59.4 Å². The van der Waals surface area contributed by atoms with Crippen LogP contribution in [0.25, 0.3) is 33.2 Å². The van der Waals surface area contributed by atoms with Crippen molar-refractivity contribution in [1.29, 1.82) is 5.26 Å². The number of hydrogen-bond donors (Lipinski definition) is 1. The van der Waals surface area contributed by atoms with Crippen molar-refractivity contribution in [2.24, 2.45) is 0 Å². The van der Waals surface area contributed by atoms with Gasteiger partial charge >= 0.3 is 0 Å². The smallest absolute Gasteiger partial charge is 0.197 e. The maximum atomic E-state index is 13.3. The van der Waals surface area contributed by atoms with Crippen molar-refractivity contribution in [1.82, 2.24) is 4.98 Å². The van der Waals surface area contributed by atoms with E-state index in [1.54, 1.807) is 31.4 Å². The molecule has 4 aromatic rings. The molecule has 0 bridgehead atoms. The second kappa shape index (κ2) is 8.17. The molecule has 1 heterocycles. The molecule has 0 saturated heterocycles. The normalized spacial score (nSPS) is 10.7. The molecular formula is C25H19ClN2O3. The van der Waals surface area contributed by atoms with Crippen LogP contribution in [0.5, 0.6) is 11.5 Å². The first kappa shape index (κ1) is 20.5. The number of hydrogen-bond acceptors (Lipinski definition) is 4. The summed E-state index contributed by atoms with van der Waals surface area (Å²) in [7, 11) is 3.11. The van der Waals surface area contributed by atoms with Crippen molar-refractivity contribution < 1.29 is 9.47 Å². The number of nitrogens with zero attached hydrogens (tertiary/aromatic N) is 1. The predicted octanol–water partition coefficient (Wildman–Crippen LogP) is 5.71. The van der Waals surface area contributed by atoms with Gasteiger partial charge in [-0.3, -0.25) is 4.79 Å². The Morgan fingerprint density at radius 2 is 1.61 bits per heavy atom. The Hall–Kier alpha value is -3.75. The second-order valence-corrected chi connectivity index (χ2v) is 7.50. The Morgan fingerprint density at radius 1 is 0.935 bits per heavy atom. The Balaban J connectivity index is 1.81. The minimum atomic E-state index is -0.0977. The molecule has 0 unspecified atom stereocenters. The van der Waals surface area contributed by atoms with Gasteiger partial charge in [-0.25, -0.2) is 0 Å². The van der Waals surface area contributed by atoms with Gasteiger partial charge in [0.25, 0.3) is 0 Å². The van der Waals surface area contributed by atoms with Gasteiger partial charge in [-0.15, -0.1) is 0 Å². The van der Waals surface area contributed by atoms with Crippen molar-refractivity contribution in [2.45, 2.75) is 6.92 Å². The molecule has 1 aromatic heterocycles. The van der Waals surface area contributed by atoms with Crippen LogP contribution in [0.1, 0.15) is 11.3 Å². The first-order valence-electron chi connectivity index (χ1n) is 9.56. The zero-order valence-electron chi connectivity index (χ0n) is 17.2. The molecule has 31 heavy (non-hydrogen) atoms. The summed E-state index contributed by atoms with van der Waals surface area (Å²) in [6, 6.07) is 18.5. The highest BCUT2D eigenvalue weighted by Gasteiger charge is 2.15. The van der Waals surface area contributed by atoms with E-state index in [0.29, 0.717) is 38.6 Å². The van der Waals surface area contributed by atoms with Crippen LogP contribution in [0.2, 0.25) is 5.02 Å². The van der Waals surface area contributed by atoms with Crippen molar-refractivity contribution in [3.05, 3.63) is 81.1 Å². The number of ether oxygens (including phenoxy) is 2. The monoisotopic (exact) mass is 430 g/mol. The Bertz CT molecular complexity index is 1400. The zero-order valence-corrected chi connectivity index (χ0v) is 18.0. The third-order valence-corrected chi connectivity index (χ3v) is 5.57. The van der Waals surface area contributed by atoms with Gasteiger partial charge in [0.05, 0.1) is 36.4 Å². The number of fused-ring (bicyclic) bond motifs is 1. The zero-order chi connectivity index (χ0) is 22.1. The molecule has 0 aliphatic carbocycles. The molecule has 0 saturated carbocycles. The van der Waals surface area contributed by atoms with Crippen molar-refractivity contribution in [3.8, 4) is 39.8 Å². The highest BCUT2D eigenvalue weighted by molar-refractivity contribution is 6.32.